The van der Waals surface area contributed by atoms with Crippen molar-refractivity contribution in [2.75, 3.05) is 0 Å². The molecule has 0 aliphatic carbocycles. The van der Waals surface area contributed by atoms with E-state index in [2.05, 4.69) is 31.0 Å². The van der Waals surface area contributed by atoms with Crippen LogP contribution in [0.2, 0.25) is 0 Å². The number of hydrogen-bond donors (Lipinski definition) is 0. The minimum atomic E-state index is 0.712. The van der Waals surface area contributed by atoms with E-state index in [1.165, 1.54) is 0 Å². The molecule has 0 bridgehead atoms. The second-order valence-electron chi connectivity index (χ2n) is 4.10. The van der Waals surface area contributed by atoms with Crippen molar-refractivity contribution in [2.24, 2.45) is 5.92 Å². The topological polar surface area (TPSA) is 26.0 Å². The number of rotatable bonds is 4. The Kier molecular flexibility index (Phi) is 4.35. The Balaban J connectivity index is 2.51. The molecule has 0 unspecified atom stereocenters. The fourth-order valence-corrected chi connectivity index (χ4v) is 1.27. The predicted molar refractivity (Wildman–Crippen MR) is 63.6 cm³/mol. The van der Waals surface area contributed by atoms with E-state index < -0.39 is 0 Å². The van der Waals surface area contributed by atoms with Gasteiger partial charge in [0.2, 0.25) is 0 Å². The molecule has 0 aliphatic heterocycles. The number of allylic oxidation sites excluding steroid dienone is 3. The van der Waals surface area contributed by atoms with Crippen molar-refractivity contribution >= 4 is 6.08 Å². The van der Waals surface area contributed by atoms with Crippen LogP contribution in [0.1, 0.15) is 37.6 Å². The van der Waals surface area contributed by atoms with Crippen molar-refractivity contribution in [2.45, 2.75) is 34.1 Å². The van der Waals surface area contributed by atoms with Crippen LogP contribution in [0.15, 0.2) is 22.6 Å². The zero-order valence-electron chi connectivity index (χ0n) is 9.95. The van der Waals surface area contributed by atoms with Crippen LogP contribution >= 0.6 is 0 Å². The van der Waals surface area contributed by atoms with Gasteiger partial charge in [-0.15, -0.1) is 0 Å². The average molecular weight is 205 g/mol. The van der Waals surface area contributed by atoms with Gasteiger partial charge in [-0.3, -0.25) is 0 Å². The van der Waals surface area contributed by atoms with Gasteiger partial charge in [-0.05, 0) is 25.3 Å². The van der Waals surface area contributed by atoms with E-state index in [1.54, 1.807) is 0 Å². The molecule has 0 amide bonds. The van der Waals surface area contributed by atoms with Gasteiger partial charge < -0.3 is 4.42 Å². The summed E-state index contributed by atoms with van der Waals surface area (Å²) in [6.07, 6.45) is 9.28. The van der Waals surface area contributed by atoms with Crippen LogP contribution in [0, 0.1) is 19.8 Å². The predicted octanol–water partition coefficient (Wildman–Crippen LogP) is 3.91. The van der Waals surface area contributed by atoms with Gasteiger partial charge in [0.25, 0.3) is 0 Å². The normalized spacial score (nSPS) is 12.3. The number of aromatic nitrogens is 1. The van der Waals surface area contributed by atoms with E-state index in [-0.39, 0.29) is 0 Å². The van der Waals surface area contributed by atoms with Crippen LogP contribution in [-0.2, 0) is 0 Å². The highest BCUT2D eigenvalue weighted by molar-refractivity contribution is 5.47. The molecule has 0 atom stereocenters. The van der Waals surface area contributed by atoms with E-state index in [0.717, 1.165) is 23.8 Å². The van der Waals surface area contributed by atoms with Crippen LogP contribution in [0.5, 0.6) is 0 Å². The summed E-state index contributed by atoms with van der Waals surface area (Å²) in [4.78, 5) is 4.20. The average Bonchev–Trinajstić information content (AvgIpc) is 2.44. The number of aryl methyl sites for hydroxylation is 2. The van der Waals surface area contributed by atoms with E-state index in [4.69, 9.17) is 4.42 Å². The molecule has 0 aromatic carbocycles. The lowest BCUT2D eigenvalue weighted by Gasteiger charge is -1.94. The second-order valence-corrected chi connectivity index (χ2v) is 4.10. The highest BCUT2D eigenvalue weighted by atomic mass is 16.4. The summed E-state index contributed by atoms with van der Waals surface area (Å²) in [5.41, 5.74) is 0.945. The molecule has 0 fully saturated rings. The third kappa shape index (κ3) is 4.15. The number of oxazole rings is 1. The maximum absolute atomic E-state index is 5.41. The minimum Gasteiger partial charge on any atom is -0.441 e. The molecule has 2 heteroatoms. The monoisotopic (exact) mass is 205 g/mol. The van der Waals surface area contributed by atoms with Gasteiger partial charge >= 0.3 is 0 Å². The van der Waals surface area contributed by atoms with Gasteiger partial charge in [0.15, 0.2) is 5.89 Å². The van der Waals surface area contributed by atoms with Crippen molar-refractivity contribution in [1.29, 1.82) is 0 Å². The molecule has 1 rings (SSSR count). The number of hydrogen-bond acceptors (Lipinski definition) is 2. The lowest BCUT2D eigenvalue weighted by Crippen LogP contribution is -1.80. The molecular formula is C13H19NO. The smallest absolute Gasteiger partial charge is 0.191 e. The summed E-state index contributed by atoms with van der Waals surface area (Å²) in [5, 5.41) is 0. The van der Waals surface area contributed by atoms with Crippen LogP contribution in [0.4, 0.5) is 0 Å². The van der Waals surface area contributed by atoms with Crippen LogP contribution < -0.4 is 0 Å². The van der Waals surface area contributed by atoms with E-state index in [1.807, 2.05) is 26.0 Å². The summed E-state index contributed by atoms with van der Waals surface area (Å²) >= 11 is 0. The summed E-state index contributed by atoms with van der Waals surface area (Å²) in [6, 6.07) is 0. The lowest BCUT2D eigenvalue weighted by molar-refractivity contribution is 0.512. The summed E-state index contributed by atoms with van der Waals surface area (Å²) in [7, 11) is 0. The Morgan fingerprint density at radius 3 is 2.53 bits per heavy atom. The number of nitrogens with zero attached hydrogens (tertiary/aromatic N) is 1. The summed E-state index contributed by atoms with van der Waals surface area (Å²) in [5.74, 6) is 2.28. The molecule has 1 aromatic heterocycles. The molecule has 0 saturated carbocycles. The first-order valence-electron chi connectivity index (χ1n) is 5.37. The van der Waals surface area contributed by atoms with E-state index in [0.29, 0.717) is 5.92 Å². The Morgan fingerprint density at radius 2 is 2.00 bits per heavy atom. The van der Waals surface area contributed by atoms with Crippen molar-refractivity contribution in [3.8, 4) is 0 Å². The molecule has 0 radical (unpaired) electrons. The van der Waals surface area contributed by atoms with E-state index in [9.17, 15) is 0 Å². The Morgan fingerprint density at radius 1 is 1.27 bits per heavy atom. The molecule has 0 aliphatic rings. The highest BCUT2D eigenvalue weighted by Crippen LogP contribution is 2.11. The molecule has 15 heavy (non-hydrogen) atoms. The van der Waals surface area contributed by atoms with Crippen molar-refractivity contribution in [1.82, 2.24) is 4.98 Å². The lowest BCUT2D eigenvalue weighted by atomic mass is 10.1. The first-order chi connectivity index (χ1) is 7.09. The van der Waals surface area contributed by atoms with Gasteiger partial charge in [-0.1, -0.05) is 32.1 Å². The van der Waals surface area contributed by atoms with E-state index >= 15 is 0 Å². The standard InChI is InChI=1S/C13H19NO/c1-10(2)8-6-5-7-9-13-11(3)14-12(4)15-13/h5-7,9-10H,8H2,1-4H3/b6-5-,9-7-. The zero-order valence-corrected chi connectivity index (χ0v) is 9.95. The molecule has 1 aromatic rings. The zero-order chi connectivity index (χ0) is 11.3. The Bertz CT molecular complexity index is 359. The molecule has 82 valence electrons. The summed E-state index contributed by atoms with van der Waals surface area (Å²) in [6.45, 7) is 8.23. The third-order valence-corrected chi connectivity index (χ3v) is 2.04. The molecule has 1 heterocycles. The highest BCUT2D eigenvalue weighted by Gasteiger charge is 2.00. The first kappa shape index (κ1) is 11.8. The summed E-state index contributed by atoms with van der Waals surface area (Å²) < 4.78 is 5.41. The van der Waals surface area contributed by atoms with Crippen molar-refractivity contribution < 1.29 is 4.42 Å². The maximum atomic E-state index is 5.41. The Labute approximate surface area is 91.7 Å². The maximum Gasteiger partial charge on any atom is 0.191 e. The molecule has 0 spiro atoms. The van der Waals surface area contributed by atoms with Crippen LogP contribution in [0.3, 0.4) is 0 Å². The molecule has 0 saturated heterocycles. The van der Waals surface area contributed by atoms with Crippen molar-refractivity contribution in [3.63, 3.8) is 0 Å². The van der Waals surface area contributed by atoms with Crippen molar-refractivity contribution in [3.05, 3.63) is 35.6 Å². The molecular weight excluding hydrogens is 186 g/mol. The SMILES string of the molecule is Cc1nc(C)c(/C=C\C=C/CC(C)C)o1. The van der Waals surface area contributed by atoms with Gasteiger partial charge in [0.05, 0.1) is 5.69 Å². The van der Waals surface area contributed by atoms with Gasteiger partial charge in [-0.25, -0.2) is 4.98 Å². The van der Waals surface area contributed by atoms with Gasteiger partial charge in [0.1, 0.15) is 5.76 Å². The largest absolute Gasteiger partial charge is 0.441 e. The fraction of sp³-hybridized carbons (Fsp3) is 0.462. The second kappa shape index (κ2) is 5.54. The van der Waals surface area contributed by atoms with Gasteiger partial charge in [0, 0.05) is 6.92 Å². The van der Waals surface area contributed by atoms with Gasteiger partial charge in [-0.2, -0.15) is 0 Å². The van der Waals surface area contributed by atoms with Crippen LogP contribution in [-0.4, -0.2) is 4.98 Å². The third-order valence-electron chi connectivity index (χ3n) is 2.04. The Hall–Kier alpha value is -1.31. The fourth-order valence-electron chi connectivity index (χ4n) is 1.27. The van der Waals surface area contributed by atoms with Crippen LogP contribution in [0.25, 0.3) is 6.08 Å². The minimum absolute atomic E-state index is 0.712. The molecule has 2 nitrogen and oxygen atoms in total. The first-order valence-corrected chi connectivity index (χ1v) is 5.37. The molecule has 0 N–H and O–H groups in total. The quantitative estimate of drug-likeness (QED) is 0.696.